The zero-order valence-electron chi connectivity index (χ0n) is 19.7. The summed E-state index contributed by atoms with van der Waals surface area (Å²) in [6.45, 7) is 2.48. The van der Waals surface area contributed by atoms with E-state index in [9.17, 15) is 19.2 Å². The topological polar surface area (TPSA) is 139 Å². The molecule has 3 heterocycles. The van der Waals surface area contributed by atoms with E-state index in [0.717, 1.165) is 30.6 Å². The van der Waals surface area contributed by atoms with Crippen molar-refractivity contribution in [2.24, 2.45) is 5.16 Å². The fourth-order valence-corrected chi connectivity index (χ4v) is 5.50. The average molecular weight is 524 g/mol. The maximum Gasteiger partial charge on any atom is 0.354 e. The molecule has 2 aliphatic heterocycles. The van der Waals surface area contributed by atoms with E-state index in [2.05, 4.69) is 27.7 Å². The lowest BCUT2D eigenvalue weighted by atomic mass is 10.0. The van der Waals surface area contributed by atoms with Gasteiger partial charge in [0.2, 0.25) is 6.41 Å². The van der Waals surface area contributed by atoms with Crippen molar-refractivity contribution in [1.82, 2.24) is 15.2 Å². The van der Waals surface area contributed by atoms with E-state index in [1.54, 1.807) is 6.08 Å². The first-order valence-corrected chi connectivity index (χ1v) is 13.3. The molecule has 1 aromatic rings. The van der Waals surface area contributed by atoms with E-state index in [0.29, 0.717) is 18.8 Å². The molecule has 1 saturated heterocycles. The molecule has 3 rings (SSSR count). The van der Waals surface area contributed by atoms with Gasteiger partial charge < -0.3 is 20.2 Å². The van der Waals surface area contributed by atoms with Crippen molar-refractivity contribution in [3.8, 4) is 0 Å². The minimum atomic E-state index is -0.837. The quantitative estimate of drug-likeness (QED) is 0.0945. The van der Waals surface area contributed by atoms with Gasteiger partial charge in [-0.2, -0.15) is 0 Å². The highest BCUT2D eigenvalue weighted by Crippen LogP contribution is 2.37. The number of amides is 3. The summed E-state index contributed by atoms with van der Waals surface area (Å²) >= 11 is 2.54. The number of oxime groups is 1. The van der Waals surface area contributed by atoms with Crippen molar-refractivity contribution >= 4 is 58.1 Å². The number of thiazole rings is 1. The monoisotopic (exact) mass is 523 g/mol. The van der Waals surface area contributed by atoms with E-state index < -0.39 is 29.2 Å². The summed E-state index contributed by atoms with van der Waals surface area (Å²) in [5.41, 5.74) is 0.270. The Kier molecular flexibility index (Phi) is 10.1. The van der Waals surface area contributed by atoms with Gasteiger partial charge in [-0.25, -0.2) is 9.78 Å². The number of aromatic nitrogens is 1. The number of ether oxygens (including phenoxy) is 1. The molecule has 0 aliphatic carbocycles. The predicted molar refractivity (Wildman–Crippen MR) is 133 cm³/mol. The second-order valence-electron chi connectivity index (χ2n) is 7.80. The lowest BCUT2D eigenvalue weighted by Gasteiger charge is -2.48. The van der Waals surface area contributed by atoms with Gasteiger partial charge in [0, 0.05) is 11.1 Å². The third kappa shape index (κ3) is 6.60. The molecule has 0 radical (unpaired) electrons. The Balaban J connectivity index is 1.55. The Morgan fingerprint density at radius 3 is 2.80 bits per heavy atom. The van der Waals surface area contributed by atoms with Gasteiger partial charge in [0.15, 0.2) is 10.8 Å². The molecule has 2 aliphatic rings. The Morgan fingerprint density at radius 2 is 2.06 bits per heavy atom. The number of nitrogens with one attached hydrogen (secondary N) is 2. The molecule has 3 amide bonds. The number of esters is 1. The van der Waals surface area contributed by atoms with Crippen LogP contribution in [0.5, 0.6) is 0 Å². The first kappa shape index (κ1) is 26.7. The van der Waals surface area contributed by atoms with Crippen molar-refractivity contribution in [2.45, 2.75) is 56.9 Å². The summed E-state index contributed by atoms with van der Waals surface area (Å²) in [6.07, 6.45) is 8.62. The highest BCUT2D eigenvalue weighted by molar-refractivity contribution is 8.00. The van der Waals surface area contributed by atoms with Crippen LogP contribution in [-0.4, -0.2) is 70.7 Å². The fourth-order valence-electron chi connectivity index (χ4n) is 3.66. The molecule has 1 aromatic heterocycles. The number of unbranched alkanes of at least 4 members (excludes halogenated alkanes) is 5. The van der Waals surface area contributed by atoms with Crippen LogP contribution < -0.4 is 10.6 Å². The lowest BCUT2D eigenvalue weighted by molar-refractivity contribution is -0.152. The Hall–Kier alpha value is -2.93. The molecule has 0 aromatic carbocycles. The zero-order valence-corrected chi connectivity index (χ0v) is 21.3. The molecule has 13 heteroatoms. The molecule has 190 valence electrons. The number of hydrogen-bond acceptors (Lipinski definition) is 10. The first-order chi connectivity index (χ1) is 17.0. The van der Waals surface area contributed by atoms with Gasteiger partial charge >= 0.3 is 5.97 Å². The van der Waals surface area contributed by atoms with Crippen LogP contribution in [0, 0.1) is 0 Å². The number of fused-ring (bicyclic) bond motifs is 1. The molecule has 35 heavy (non-hydrogen) atoms. The van der Waals surface area contributed by atoms with Crippen LogP contribution in [0.15, 0.2) is 22.3 Å². The second kappa shape index (κ2) is 13.2. The number of anilines is 1. The average Bonchev–Trinajstić information content (AvgIpc) is 3.32. The third-order valence-electron chi connectivity index (χ3n) is 5.40. The summed E-state index contributed by atoms with van der Waals surface area (Å²) in [5.74, 6) is -1.08. The molecule has 1 fully saturated rings. The highest BCUT2D eigenvalue weighted by Gasteiger charge is 2.53. The summed E-state index contributed by atoms with van der Waals surface area (Å²) in [7, 11) is 1.28. The highest BCUT2D eigenvalue weighted by atomic mass is 32.2. The summed E-state index contributed by atoms with van der Waals surface area (Å²) in [6, 6.07) is -0.837. The molecule has 11 nitrogen and oxygen atoms in total. The molecular weight excluding hydrogens is 494 g/mol. The number of rotatable bonds is 14. The fraction of sp³-hybridized carbons (Fsp3) is 0.545. The number of nitrogens with zero attached hydrogens (tertiary/aromatic N) is 3. The predicted octanol–water partition coefficient (Wildman–Crippen LogP) is 2.25. The standard InChI is InChI=1S/C22H29N5O6S2/c1-3-4-5-6-7-8-10-33-21(31)15-9-11-34-20-17(19(30)27(15)20)25-18(29)16(26-32-2)14-12-35-22(24-14)23-13-28/h9,12-13,17,20H,3-8,10-11H2,1-2H3,(H,25,29)(H,23,24,28)/t17?,20-/m1/s1. The third-order valence-corrected chi connectivity index (χ3v) is 7.36. The maximum atomic E-state index is 12.9. The smallest absolute Gasteiger partial charge is 0.354 e. The van der Waals surface area contributed by atoms with E-state index >= 15 is 0 Å². The zero-order chi connectivity index (χ0) is 25.2. The van der Waals surface area contributed by atoms with Gasteiger partial charge in [-0.1, -0.05) is 44.2 Å². The molecular formula is C22H29N5O6S2. The Bertz CT molecular complexity index is 995. The maximum absolute atomic E-state index is 12.9. The number of carbonyl (C=O) groups excluding carboxylic acids is 4. The Labute approximate surface area is 211 Å². The van der Waals surface area contributed by atoms with Crippen molar-refractivity contribution in [3.05, 3.63) is 22.8 Å². The molecule has 0 saturated carbocycles. The SMILES string of the molecule is CCCCCCCCOC(=O)C1=CCS[C@@H]2C(NC(=O)C(=NOC)c3csc(NC=O)n3)C(=O)N12. The van der Waals surface area contributed by atoms with E-state index in [1.807, 2.05) is 0 Å². The van der Waals surface area contributed by atoms with Crippen LogP contribution in [0.1, 0.15) is 51.1 Å². The number of thioether (sulfide) groups is 1. The largest absolute Gasteiger partial charge is 0.461 e. The van der Waals surface area contributed by atoms with Crippen LogP contribution in [0.2, 0.25) is 0 Å². The van der Waals surface area contributed by atoms with Crippen LogP contribution >= 0.6 is 23.1 Å². The van der Waals surface area contributed by atoms with Gasteiger partial charge in [0.25, 0.3) is 11.8 Å². The van der Waals surface area contributed by atoms with Crippen molar-refractivity contribution in [3.63, 3.8) is 0 Å². The summed E-state index contributed by atoms with van der Waals surface area (Å²) < 4.78 is 5.38. The minimum absolute atomic E-state index is 0.135. The normalized spacial score (nSPS) is 19.3. The van der Waals surface area contributed by atoms with Gasteiger partial charge in [0.05, 0.1) is 6.61 Å². The van der Waals surface area contributed by atoms with E-state index in [-0.39, 0.29) is 22.2 Å². The molecule has 0 spiro atoms. The van der Waals surface area contributed by atoms with Crippen LogP contribution in [-0.2, 0) is 28.8 Å². The Morgan fingerprint density at radius 1 is 1.29 bits per heavy atom. The van der Waals surface area contributed by atoms with Crippen LogP contribution in [0.25, 0.3) is 0 Å². The van der Waals surface area contributed by atoms with Crippen molar-refractivity contribution < 1.29 is 28.8 Å². The van der Waals surface area contributed by atoms with Crippen molar-refractivity contribution in [2.75, 3.05) is 24.8 Å². The molecule has 2 N–H and O–H groups in total. The van der Waals surface area contributed by atoms with Gasteiger partial charge in [-0.05, 0) is 12.5 Å². The van der Waals surface area contributed by atoms with E-state index in [1.165, 1.54) is 48.4 Å². The van der Waals surface area contributed by atoms with Crippen LogP contribution in [0.3, 0.4) is 0 Å². The number of carbonyl (C=O) groups is 4. The van der Waals surface area contributed by atoms with Gasteiger partial charge in [-0.15, -0.1) is 23.1 Å². The summed E-state index contributed by atoms with van der Waals surface area (Å²) in [5, 5.41) is 10.2. The van der Waals surface area contributed by atoms with Crippen LogP contribution in [0.4, 0.5) is 5.13 Å². The minimum Gasteiger partial charge on any atom is -0.461 e. The molecule has 2 atom stereocenters. The first-order valence-electron chi connectivity index (χ1n) is 11.4. The number of β-lactam (4-membered cyclic amide) rings is 1. The second-order valence-corrected chi connectivity index (χ2v) is 9.81. The van der Waals surface area contributed by atoms with Crippen molar-refractivity contribution in [1.29, 1.82) is 0 Å². The van der Waals surface area contributed by atoms with Gasteiger partial charge in [0.1, 0.15) is 29.9 Å². The van der Waals surface area contributed by atoms with Gasteiger partial charge in [-0.3, -0.25) is 19.3 Å². The lowest BCUT2D eigenvalue weighted by Crippen LogP contribution is -2.70. The number of hydrogen-bond donors (Lipinski definition) is 2. The molecule has 0 bridgehead atoms. The summed E-state index contributed by atoms with van der Waals surface area (Å²) in [4.78, 5) is 59.2. The van der Waals surface area contributed by atoms with E-state index in [4.69, 9.17) is 9.57 Å². The molecule has 1 unspecified atom stereocenters.